The maximum absolute atomic E-state index is 13.4. The third-order valence-corrected chi connectivity index (χ3v) is 5.78. The van der Waals surface area contributed by atoms with Gasteiger partial charge in [0.15, 0.2) is 0 Å². The summed E-state index contributed by atoms with van der Waals surface area (Å²) in [5.41, 5.74) is 4.06. The molecule has 1 heterocycles. The average molecular weight is 400 g/mol. The molecule has 0 atom stereocenters. The molecule has 0 fully saturated rings. The smallest absolute Gasteiger partial charge is 0.240 e. The number of ether oxygens (including phenoxy) is 1. The minimum atomic E-state index is -3.86. The van der Waals surface area contributed by atoms with Gasteiger partial charge < -0.3 is 4.74 Å². The SMILES string of the molecule is COc1ccc(-c2nc(C)cc(C)c2CNS(=O)(=O)c2cccc(F)c2)cc1. The fourth-order valence-corrected chi connectivity index (χ4v) is 3.99. The summed E-state index contributed by atoms with van der Waals surface area (Å²) in [6.07, 6.45) is 0. The highest BCUT2D eigenvalue weighted by molar-refractivity contribution is 7.89. The summed E-state index contributed by atoms with van der Waals surface area (Å²) in [5.74, 6) is 0.122. The number of nitrogens with zero attached hydrogens (tertiary/aromatic N) is 1. The number of methoxy groups -OCH3 is 1. The second kappa shape index (κ2) is 8.08. The summed E-state index contributed by atoms with van der Waals surface area (Å²) in [6.45, 7) is 3.84. The highest BCUT2D eigenvalue weighted by atomic mass is 32.2. The number of sulfonamides is 1. The molecule has 0 saturated carbocycles. The van der Waals surface area contributed by atoms with Gasteiger partial charge in [0.25, 0.3) is 0 Å². The summed E-state index contributed by atoms with van der Waals surface area (Å²) in [4.78, 5) is 4.50. The molecule has 0 aliphatic rings. The van der Waals surface area contributed by atoms with Crippen molar-refractivity contribution in [1.82, 2.24) is 9.71 Å². The fraction of sp³-hybridized carbons (Fsp3) is 0.190. The van der Waals surface area contributed by atoms with Gasteiger partial charge in [-0.1, -0.05) is 6.07 Å². The van der Waals surface area contributed by atoms with Gasteiger partial charge >= 0.3 is 0 Å². The van der Waals surface area contributed by atoms with Gasteiger partial charge in [0.1, 0.15) is 11.6 Å². The number of aromatic nitrogens is 1. The van der Waals surface area contributed by atoms with Gasteiger partial charge in [-0.25, -0.2) is 17.5 Å². The first-order chi connectivity index (χ1) is 13.3. The molecule has 0 unspecified atom stereocenters. The van der Waals surface area contributed by atoms with Crippen LogP contribution in [-0.4, -0.2) is 20.5 Å². The van der Waals surface area contributed by atoms with Crippen LogP contribution in [-0.2, 0) is 16.6 Å². The van der Waals surface area contributed by atoms with Gasteiger partial charge in [-0.15, -0.1) is 0 Å². The fourth-order valence-electron chi connectivity index (χ4n) is 2.96. The van der Waals surface area contributed by atoms with Crippen molar-refractivity contribution >= 4 is 10.0 Å². The lowest BCUT2D eigenvalue weighted by molar-refractivity contribution is 0.415. The number of hydrogen-bond donors (Lipinski definition) is 1. The normalized spacial score (nSPS) is 11.4. The molecule has 1 aromatic heterocycles. The Kier molecular flexibility index (Phi) is 5.76. The van der Waals surface area contributed by atoms with E-state index >= 15 is 0 Å². The van der Waals surface area contributed by atoms with Crippen LogP contribution in [0.5, 0.6) is 5.75 Å². The van der Waals surface area contributed by atoms with Crippen molar-refractivity contribution in [3.05, 3.63) is 77.2 Å². The van der Waals surface area contributed by atoms with E-state index in [1.54, 1.807) is 7.11 Å². The molecule has 0 saturated heterocycles. The monoisotopic (exact) mass is 400 g/mol. The highest BCUT2D eigenvalue weighted by Crippen LogP contribution is 2.27. The molecular formula is C21H21FN2O3S. The summed E-state index contributed by atoms with van der Waals surface area (Å²) in [6, 6.07) is 14.2. The van der Waals surface area contributed by atoms with Crippen molar-refractivity contribution < 1.29 is 17.5 Å². The van der Waals surface area contributed by atoms with Gasteiger partial charge in [-0.3, -0.25) is 4.98 Å². The largest absolute Gasteiger partial charge is 0.497 e. The molecule has 3 aromatic rings. The Bertz CT molecular complexity index is 1100. The maximum Gasteiger partial charge on any atom is 0.240 e. The van der Waals surface area contributed by atoms with Crippen LogP contribution in [0.1, 0.15) is 16.8 Å². The molecule has 0 radical (unpaired) electrons. The van der Waals surface area contributed by atoms with Crippen LogP contribution in [0.3, 0.4) is 0 Å². The summed E-state index contributed by atoms with van der Waals surface area (Å²) >= 11 is 0. The zero-order chi connectivity index (χ0) is 20.3. The van der Waals surface area contributed by atoms with Gasteiger partial charge in [-0.2, -0.15) is 0 Å². The number of halogens is 1. The lowest BCUT2D eigenvalue weighted by Gasteiger charge is -2.15. The Morgan fingerprint density at radius 2 is 1.79 bits per heavy atom. The van der Waals surface area contributed by atoms with Crippen LogP contribution in [0.15, 0.2) is 59.5 Å². The van der Waals surface area contributed by atoms with E-state index in [1.807, 2.05) is 44.2 Å². The average Bonchev–Trinajstić information content (AvgIpc) is 2.67. The molecule has 146 valence electrons. The Balaban J connectivity index is 1.95. The molecule has 0 aliphatic carbocycles. The van der Waals surface area contributed by atoms with Crippen LogP contribution in [0.25, 0.3) is 11.3 Å². The lowest BCUT2D eigenvalue weighted by atomic mass is 10.0. The zero-order valence-electron chi connectivity index (χ0n) is 15.9. The first-order valence-corrected chi connectivity index (χ1v) is 10.2. The maximum atomic E-state index is 13.4. The molecule has 0 aliphatic heterocycles. The standard InChI is InChI=1S/C21H21FN2O3S/c1-14-11-15(2)24-21(16-7-9-18(27-3)10-8-16)20(14)13-23-28(25,26)19-6-4-5-17(22)12-19/h4-12,23H,13H2,1-3H3. The highest BCUT2D eigenvalue weighted by Gasteiger charge is 2.18. The van der Waals surface area contributed by atoms with E-state index in [9.17, 15) is 12.8 Å². The third-order valence-electron chi connectivity index (χ3n) is 4.38. The van der Waals surface area contributed by atoms with Crippen molar-refractivity contribution in [2.45, 2.75) is 25.3 Å². The lowest BCUT2D eigenvalue weighted by Crippen LogP contribution is -2.24. The number of pyridine rings is 1. The zero-order valence-corrected chi connectivity index (χ0v) is 16.7. The molecule has 1 N–H and O–H groups in total. The first kappa shape index (κ1) is 20.0. The minimum Gasteiger partial charge on any atom is -0.497 e. The molecule has 5 nitrogen and oxygen atoms in total. The third kappa shape index (κ3) is 4.37. The molecular weight excluding hydrogens is 379 g/mol. The van der Waals surface area contributed by atoms with E-state index in [-0.39, 0.29) is 11.4 Å². The molecule has 0 bridgehead atoms. The van der Waals surface area contributed by atoms with Gasteiger partial charge in [0, 0.05) is 17.8 Å². The summed E-state index contributed by atoms with van der Waals surface area (Å²) in [7, 11) is -2.26. The van der Waals surface area contributed by atoms with E-state index in [2.05, 4.69) is 9.71 Å². The molecule has 0 spiro atoms. The van der Waals surface area contributed by atoms with Crippen molar-refractivity contribution in [3.63, 3.8) is 0 Å². The van der Waals surface area contributed by atoms with Crippen molar-refractivity contribution in [2.75, 3.05) is 7.11 Å². The van der Waals surface area contributed by atoms with Gasteiger partial charge in [-0.05, 0) is 73.5 Å². The summed E-state index contributed by atoms with van der Waals surface area (Å²) < 4.78 is 46.3. The minimum absolute atomic E-state index is 0.0410. The van der Waals surface area contributed by atoms with Crippen LogP contribution >= 0.6 is 0 Å². The Morgan fingerprint density at radius 1 is 1.07 bits per heavy atom. The molecule has 28 heavy (non-hydrogen) atoms. The number of hydrogen-bond acceptors (Lipinski definition) is 4. The predicted molar refractivity (Wildman–Crippen MR) is 106 cm³/mol. The topological polar surface area (TPSA) is 68.3 Å². The number of aryl methyl sites for hydroxylation is 2. The van der Waals surface area contributed by atoms with E-state index in [4.69, 9.17) is 4.74 Å². The van der Waals surface area contributed by atoms with Gasteiger partial charge in [0.2, 0.25) is 10.0 Å². The van der Waals surface area contributed by atoms with Crippen LogP contribution in [0.4, 0.5) is 4.39 Å². The van der Waals surface area contributed by atoms with E-state index < -0.39 is 15.8 Å². The predicted octanol–water partition coefficient (Wildman–Crippen LogP) is 3.99. The number of nitrogens with one attached hydrogen (secondary N) is 1. The van der Waals surface area contributed by atoms with E-state index in [1.165, 1.54) is 18.2 Å². The van der Waals surface area contributed by atoms with Crippen LogP contribution in [0, 0.1) is 19.7 Å². The number of benzene rings is 2. The molecule has 3 rings (SSSR count). The molecule has 7 heteroatoms. The number of rotatable bonds is 6. The van der Waals surface area contributed by atoms with E-state index in [0.29, 0.717) is 5.69 Å². The summed E-state index contributed by atoms with van der Waals surface area (Å²) in [5, 5.41) is 0. The Hall–Kier alpha value is -2.77. The molecule has 2 aromatic carbocycles. The first-order valence-electron chi connectivity index (χ1n) is 8.67. The Labute approximate surface area is 164 Å². The second-order valence-electron chi connectivity index (χ2n) is 6.42. The molecule has 0 amide bonds. The quantitative estimate of drug-likeness (QED) is 0.679. The van der Waals surface area contributed by atoms with Crippen molar-refractivity contribution in [2.24, 2.45) is 0 Å². The second-order valence-corrected chi connectivity index (χ2v) is 8.19. The van der Waals surface area contributed by atoms with Crippen molar-refractivity contribution in [1.29, 1.82) is 0 Å². The van der Waals surface area contributed by atoms with Crippen LogP contribution in [0.2, 0.25) is 0 Å². The van der Waals surface area contributed by atoms with Gasteiger partial charge in [0.05, 0.1) is 17.7 Å². The van der Waals surface area contributed by atoms with E-state index in [0.717, 1.165) is 34.2 Å². The Morgan fingerprint density at radius 3 is 2.43 bits per heavy atom. The van der Waals surface area contributed by atoms with Crippen LogP contribution < -0.4 is 9.46 Å². The van der Waals surface area contributed by atoms with Crippen molar-refractivity contribution in [3.8, 4) is 17.0 Å².